The van der Waals surface area contributed by atoms with Gasteiger partial charge in [-0.3, -0.25) is 0 Å². The molecule has 0 aromatic heterocycles. The molecular formula is C15H5ClN4. The monoisotopic (exact) mass is 276 g/mol. The molecule has 0 aliphatic heterocycles. The van der Waals surface area contributed by atoms with Gasteiger partial charge in [-0.05, 0) is 40.8 Å². The van der Waals surface area contributed by atoms with E-state index in [9.17, 15) is 0 Å². The minimum Gasteiger partial charge on any atom is -0.226 e. The van der Waals surface area contributed by atoms with E-state index in [1.807, 2.05) is 12.1 Å². The van der Waals surface area contributed by atoms with Gasteiger partial charge in [-0.1, -0.05) is 17.7 Å². The highest BCUT2D eigenvalue weighted by Gasteiger charge is 2.26. The topological polar surface area (TPSA) is 56.3 Å². The number of hydrogen-bond acceptors (Lipinski definition) is 2. The Kier molecular flexibility index (Phi) is 3.54. The summed E-state index contributed by atoms with van der Waals surface area (Å²) in [6.07, 6.45) is 0.228. The van der Waals surface area contributed by atoms with Crippen LogP contribution in [0.2, 0.25) is 5.02 Å². The fraction of sp³-hybridized carbons (Fsp3) is 0.0667. The lowest BCUT2D eigenvalue weighted by molar-refractivity contribution is 1.42. The standard InChI is InChI=1S/C15H5ClN4/c1-19-14(7-17)12-6-13(15(8-18)20-2)11-5-9(16)3-4-10(11)12/h3-5H,6H2/b14-12-,15-13-. The van der Waals surface area contributed by atoms with E-state index >= 15 is 0 Å². The van der Waals surface area contributed by atoms with Crippen molar-refractivity contribution in [1.29, 1.82) is 10.5 Å². The van der Waals surface area contributed by atoms with Crippen LogP contribution in [-0.4, -0.2) is 0 Å². The predicted molar refractivity (Wildman–Crippen MR) is 74.3 cm³/mol. The molecule has 1 aliphatic carbocycles. The second kappa shape index (κ2) is 5.29. The van der Waals surface area contributed by atoms with Crippen LogP contribution in [0.15, 0.2) is 29.6 Å². The summed E-state index contributed by atoms with van der Waals surface area (Å²) in [4.78, 5) is 6.41. The number of halogens is 1. The van der Waals surface area contributed by atoms with E-state index in [4.69, 9.17) is 35.3 Å². The maximum absolute atomic E-state index is 9.02. The molecule has 0 unspecified atom stereocenters. The maximum Gasteiger partial charge on any atom is 0.265 e. The molecular weight excluding hydrogens is 272 g/mol. The first kappa shape index (κ1) is 13.4. The van der Waals surface area contributed by atoms with Crippen molar-refractivity contribution in [2.75, 3.05) is 0 Å². The van der Waals surface area contributed by atoms with Gasteiger partial charge < -0.3 is 0 Å². The lowest BCUT2D eigenvalue weighted by Crippen LogP contribution is -1.83. The van der Waals surface area contributed by atoms with E-state index < -0.39 is 0 Å². The molecule has 0 bridgehead atoms. The summed E-state index contributed by atoms with van der Waals surface area (Å²) in [6.45, 7) is 14.1. The molecule has 92 valence electrons. The molecule has 0 atom stereocenters. The van der Waals surface area contributed by atoms with Crippen molar-refractivity contribution in [1.82, 2.24) is 0 Å². The SMILES string of the molecule is [C-]#[N+]/C(C#N)=C1/C/C(=C(\C#N)[N+]#[C-])c2cc(Cl)ccc21. The first-order chi connectivity index (χ1) is 9.65. The van der Waals surface area contributed by atoms with Crippen LogP contribution in [0.1, 0.15) is 17.5 Å². The number of nitriles is 2. The summed E-state index contributed by atoms with van der Waals surface area (Å²) in [7, 11) is 0. The first-order valence-corrected chi connectivity index (χ1v) is 5.85. The predicted octanol–water partition coefficient (Wildman–Crippen LogP) is 4.05. The summed E-state index contributed by atoms with van der Waals surface area (Å²) >= 11 is 5.95. The van der Waals surface area contributed by atoms with Crippen LogP contribution in [-0.2, 0) is 0 Å². The van der Waals surface area contributed by atoms with Crippen LogP contribution in [0.5, 0.6) is 0 Å². The number of rotatable bonds is 0. The lowest BCUT2D eigenvalue weighted by Gasteiger charge is -2.02. The van der Waals surface area contributed by atoms with Crippen molar-refractivity contribution in [3.05, 3.63) is 68.6 Å². The Morgan fingerprint density at radius 3 is 2.10 bits per heavy atom. The summed E-state index contributed by atoms with van der Waals surface area (Å²) in [5.74, 6) is 0. The van der Waals surface area contributed by atoms with Crippen molar-refractivity contribution in [2.45, 2.75) is 6.42 Å². The first-order valence-electron chi connectivity index (χ1n) is 5.48. The molecule has 2 rings (SSSR count). The number of fused-ring (bicyclic) bond motifs is 1. The van der Waals surface area contributed by atoms with E-state index in [0.29, 0.717) is 27.3 Å². The minimum atomic E-state index is -0.0363. The molecule has 0 saturated carbocycles. The molecule has 0 fully saturated rings. The molecule has 0 heterocycles. The molecule has 0 N–H and O–H groups in total. The van der Waals surface area contributed by atoms with Gasteiger partial charge in [-0.25, -0.2) is 20.2 Å². The largest absolute Gasteiger partial charge is 0.265 e. The molecule has 4 nitrogen and oxygen atoms in total. The normalized spacial score (nSPS) is 17.1. The molecule has 20 heavy (non-hydrogen) atoms. The Bertz CT molecular complexity index is 801. The van der Waals surface area contributed by atoms with Gasteiger partial charge in [0.1, 0.15) is 0 Å². The number of hydrogen-bond donors (Lipinski definition) is 0. The molecule has 0 radical (unpaired) electrons. The van der Waals surface area contributed by atoms with E-state index in [2.05, 4.69) is 9.69 Å². The third kappa shape index (κ3) is 2.02. The van der Waals surface area contributed by atoms with Crippen LogP contribution < -0.4 is 0 Å². The van der Waals surface area contributed by atoms with Crippen LogP contribution in [0.4, 0.5) is 0 Å². The summed E-state index contributed by atoms with van der Waals surface area (Å²) in [5, 5.41) is 18.5. The zero-order chi connectivity index (χ0) is 14.7. The van der Waals surface area contributed by atoms with Crippen molar-refractivity contribution in [3.8, 4) is 12.1 Å². The Labute approximate surface area is 121 Å². The molecule has 0 spiro atoms. The average molecular weight is 277 g/mol. The molecule has 1 aromatic rings. The highest BCUT2D eigenvalue weighted by atomic mass is 35.5. The van der Waals surface area contributed by atoms with Gasteiger partial charge in [0, 0.05) is 5.02 Å². The number of benzene rings is 1. The van der Waals surface area contributed by atoms with Gasteiger partial charge in [-0.2, -0.15) is 0 Å². The smallest absolute Gasteiger partial charge is 0.226 e. The van der Waals surface area contributed by atoms with Crippen LogP contribution >= 0.6 is 11.6 Å². The Balaban J connectivity index is 2.86. The van der Waals surface area contributed by atoms with Crippen LogP contribution in [0.25, 0.3) is 20.8 Å². The van der Waals surface area contributed by atoms with Gasteiger partial charge in [0.25, 0.3) is 11.4 Å². The summed E-state index contributed by atoms with van der Waals surface area (Å²) in [5.41, 5.74) is 2.34. The lowest BCUT2D eigenvalue weighted by atomic mass is 10.1. The van der Waals surface area contributed by atoms with E-state index in [1.54, 1.807) is 18.2 Å². The van der Waals surface area contributed by atoms with Gasteiger partial charge in [-0.15, -0.1) is 0 Å². The fourth-order valence-electron chi connectivity index (χ4n) is 2.14. The maximum atomic E-state index is 9.02. The van der Waals surface area contributed by atoms with Gasteiger partial charge in [0.05, 0.1) is 25.3 Å². The quantitative estimate of drug-likeness (QED) is 0.530. The van der Waals surface area contributed by atoms with E-state index in [0.717, 1.165) is 0 Å². The Hall–Kier alpha value is -3.05. The molecule has 0 saturated heterocycles. The van der Waals surface area contributed by atoms with Gasteiger partial charge >= 0.3 is 0 Å². The van der Waals surface area contributed by atoms with Crippen molar-refractivity contribution >= 4 is 22.7 Å². The van der Waals surface area contributed by atoms with Gasteiger partial charge in [0.2, 0.25) is 0 Å². The Morgan fingerprint density at radius 2 is 1.60 bits per heavy atom. The molecule has 1 aliphatic rings. The van der Waals surface area contributed by atoms with Crippen LogP contribution in [0, 0.1) is 35.8 Å². The highest BCUT2D eigenvalue weighted by Crippen LogP contribution is 2.44. The van der Waals surface area contributed by atoms with Crippen LogP contribution in [0.3, 0.4) is 0 Å². The third-order valence-electron chi connectivity index (χ3n) is 2.99. The molecule has 0 amide bonds. The summed E-state index contributed by atoms with van der Waals surface area (Å²) in [6, 6.07) is 8.73. The second-order valence-corrected chi connectivity index (χ2v) is 4.40. The number of allylic oxidation sites excluding steroid dienone is 4. The second-order valence-electron chi connectivity index (χ2n) is 3.97. The average Bonchev–Trinajstić information content (AvgIpc) is 2.81. The molecule has 5 heteroatoms. The Morgan fingerprint density at radius 1 is 1.05 bits per heavy atom. The van der Waals surface area contributed by atoms with Crippen molar-refractivity contribution < 1.29 is 0 Å². The zero-order valence-electron chi connectivity index (χ0n) is 10.1. The molecule has 1 aromatic carbocycles. The highest BCUT2D eigenvalue weighted by molar-refractivity contribution is 6.31. The number of nitrogens with zero attached hydrogens (tertiary/aromatic N) is 4. The fourth-order valence-corrected chi connectivity index (χ4v) is 2.31. The van der Waals surface area contributed by atoms with E-state index in [-0.39, 0.29) is 17.8 Å². The minimum absolute atomic E-state index is 0.0224. The van der Waals surface area contributed by atoms with Crippen molar-refractivity contribution in [2.24, 2.45) is 0 Å². The van der Waals surface area contributed by atoms with Gasteiger partial charge in [0.15, 0.2) is 0 Å². The van der Waals surface area contributed by atoms with Crippen molar-refractivity contribution in [3.63, 3.8) is 0 Å². The zero-order valence-corrected chi connectivity index (χ0v) is 10.9. The third-order valence-corrected chi connectivity index (χ3v) is 3.23. The van der Waals surface area contributed by atoms with E-state index in [1.165, 1.54) is 0 Å². The summed E-state index contributed by atoms with van der Waals surface area (Å²) < 4.78 is 0.